The minimum absolute atomic E-state index is 0.00804. The highest BCUT2D eigenvalue weighted by atomic mass is 16.3. The van der Waals surface area contributed by atoms with E-state index in [2.05, 4.69) is 11.4 Å². The van der Waals surface area contributed by atoms with Gasteiger partial charge in [-0.05, 0) is 62.0 Å². The maximum Gasteiger partial charge on any atom is 0.253 e. The average molecular weight is 351 g/mol. The van der Waals surface area contributed by atoms with Crippen molar-refractivity contribution in [3.63, 3.8) is 0 Å². The van der Waals surface area contributed by atoms with Gasteiger partial charge in [0.05, 0.1) is 29.3 Å². The second-order valence-corrected chi connectivity index (χ2v) is 7.94. The smallest absolute Gasteiger partial charge is 0.253 e. The van der Waals surface area contributed by atoms with Gasteiger partial charge in [0, 0.05) is 24.7 Å². The van der Waals surface area contributed by atoms with E-state index in [0.717, 1.165) is 18.0 Å². The van der Waals surface area contributed by atoms with E-state index in [0.29, 0.717) is 23.1 Å². The molecule has 136 valence electrons. The van der Waals surface area contributed by atoms with Gasteiger partial charge in [0.25, 0.3) is 5.91 Å². The molecule has 3 aliphatic carbocycles. The number of nitrogens with zero attached hydrogens (tertiary/aromatic N) is 2. The zero-order valence-corrected chi connectivity index (χ0v) is 15.0. The number of aliphatic hydroxyl groups is 1. The zero-order valence-electron chi connectivity index (χ0n) is 15.0. The number of rotatable bonds is 5. The first-order chi connectivity index (χ1) is 12.7. The van der Waals surface area contributed by atoms with Crippen LogP contribution in [0.15, 0.2) is 24.4 Å². The minimum Gasteiger partial charge on any atom is -0.395 e. The third kappa shape index (κ3) is 2.89. The average Bonchev–Trinajstić information content (AvgIpc) is 3.07. The van der Waals surface area contributed by atoms with Crippen molar-refractivity contribution in [2.75, 3.05) is 13.2 Å². The Balaban J connectivity index is 1.61. The SMILES string of the molecule is N#Cc1cccc2c1c(C(=O)NCC13CCC(CC1)CC3)cn2CCO. The third-order valence-corrected chi connectivity index (χ3v) is 6.48. The molecule has 0 radical (unpaired) electrons. The van der Waals surface area contributed by atoms with Crippen LogP contribution in [0.1, 0.15) is 54.4 Å². The summed E-state index contributed by atoms with van der Waals surface area (Å²) in [6, 6.07) is 7.64. The van der Waals surface area contributed by atoms with E-state index >= 15 is 0 Å². The molecular weight excluding hydrogens is 326 g/mol. The summed E-state index contributed by atoms with van der Waals surface area (Å²) in [7, 11) is 0. The molecule has 1 aromatic carbocycles. The van der Waals surface area contributed by atoms with Crippen LogP contribution >= 0.6 is 0 Å². The van der Waals surface area contributed by atoms with Crippen molar-refractivity contribution in [1.29, 1.82) is 5.26 Å². The molecule has 3 aliphatic rings. The summed E-state index contributed by atoms with van der Waals surface area (Å²) in [6.45, 7) is 1.12. The molecule has 0 atom stereocenters. The first-order valence-electron chi connectivity index (χ1n) is 9.57. The number of aromatic nitrogens is 1. The lowest BCUT2D eigenvalue weighted by molar-refractivity contribution is 0.0598. The summed E-state index contributed by atoms with van der Waals surface area (Å²) in [5, 5.41) is 22.6. The molecule has 3 saturated carbocycles. The molecule has 2 bridgehead atoms. The summed E-state index contributed by atoms with van der Waals surface area (Å²) in [5.74, 6) is 0.790. The Bertz CT molecular complexity index is 855. The molecule has 5 rings (SSSR count). The molecule has 5 heteroatoms. The molecule has 1 heterocycles. The number of hydrogen-bond acceptors (Lipinski definition) is 3. The summed E-state index contributed by atoms with van der Waals surface area (Å²) in [5.41, 5.74) is 2.12. The van der Waals surface area contributed by atoms with E-state index in [-0.39, 0.29) is 17.9 Å². The number of hydrogen-bond donors (Lipinski definition) is 2. The molecule has 3 fully saturated rings. The van der Waals surface area contributed by atoms with E-state index in [1.807, 2.05) is 16.7 Å². The van der Waals surface area contributed by atoms with Gasteiger partial charge in [0.15, 0.2) is 0 Å². The van der Waals surface area contributed by atoms with Gasteiger partial charge in [0.1, 0.15) is 0 Å². The Kier molecular flexibility index (Phi) is 4.46. The number of aliphatic hydroxyl groups excluding tert-OH is 1. The van der Waals surface area contributed by atoms with Crippen molar-refractivity contribution in [2.45, 2.75) is 45.1 Å². The second kappa shape index (κ2) is 6.77. The van der Waals surface area contributed by atoms with Crippen LogP contribution < -0.4 is 5.32 Å². The van der Waals surface area contributed by atoms with Gasteiger partial charge in [-0.1, -0.05) is 6.07 Å². The summed E-state index contributed by atoms with van der Waals surface area (Å²) >= 11 is 0. The monoisotopic (exact) mass is 351 g/mol. The van der Waals surface area contributed by atoms with Crippen LogP contribution in [0.25, 0.3) is 10.9 Å². The molecule has 0 unspecified atom stereocenters. The Hall–Kier alpha value is -2.32. The van der Waals surface area contributed by atoms with Gasteiger partial charge in [-0.25, -0.2) is 0 Å². The lowest BCUT2D eigenvalue weighted by Crippen LogP contribution is -2.43. The van der Waals surface area contributed by atoms with E-state index in [9.17, 15) is 15.2 Å². The van der Waals surface area contributed by atoms with Gasteiger partial charge in [-0.2, -0.15) is 5.26 Å². The number of amides is 1. The predicted octanol–water partition coefficient (Wildman–Crippen LogP) is 3.21. The van der Waals surface area contributed by atoms with Gasteiger partial charge in [-0.15, -0.1) is 0 Å². The Morgan fingerprint density at radius 3 is 2.69 bits per heavy atom. The fourth-order valence-corrected chi connectivity index (χ4v) is 4.88. The summed E-state index contributed by atoms with van der Waals surface area (Å²) < 4.78 is 1.86. The third-order valence-electron chi connectivity index (χ3n) is 6.48. The lowest BCUT2D eigenvalue weighted by atomic mass is 9.61. The van der Waals surface area contributed by atoms with E-state index in [1.54, 1.807) is 12.3 Å². The molecule has 0 spiro atoms. The quantitative estimate of drug-likeness (QED) is 0.868. The summed E-state index contributed by atoms with van der Waals surface area (Å²) in [4.78, 5) is 13.0. The van der Waals surface area contributed by atoms with E-state index in [4.69, 9.17) is 0 Å². The van der Waals surface area contributed by atoms with Crippen LogP contribution in [0.3, 0.4) is 0 Å². The van der Waals surface area contributed by atoms with Gasteiger partial charge in [-0.3, -0.25) is 4.79 Å². The molecule has 5 nitrogen and oxygen atoms in total. The van der Waals surface area contributed by atoms with Gasteiger partial charge < -0.3 is 15.0 Å². The summed E-state index contributed by atoms with van der Waals surface area (Å²) in [6.07, 6.45) is 9.31. The molecule has 2 N–H and O–H groups in total. The van der Waals surface area contributed by atoms with Crippen LogP contribution in [-0.2, 0) is 6.54 Å². The van der Waals surface area contributed by atoms with Crippen LogP contribution in [0, 0.1) is 22.7 Å². The zero-order chi connectivity index (χ0) is 18.1. The molecule has 1 amide bonds. The normalized spacial score (nSPS) is 24.5. The highest BCUT2D eigenvalue weighted by molar-refractivity contribution is 6.09. The molecule has 0 saturated heterocycles. The van der Waals surface area contributed by atoms with Crippen LogP contribution in [0.5, 0.6) is 0 Å². The van der Waals surface area contributed by atoms with Crippen molar-refractivity contribution in [1.82, 2.24) is 9.88 Å². The topological polar surface area (TPSA) is 78.0 Å². The first kappa shape index (κ1) is 17.1. The lowest BCUT2D eigenvalue weighted by Gasteiger charge is -2.46. The highest BCUT2D eigenvalue weighted by Crippen LogP contribution is 2.49. The maximum atomic E-state index is 13.0. The van der Waals surface area contributed by atoms with Crippen LogP contribution in [0.4, 0.5) is 0 Å². The fraction of sp³-hybridized carbons (Fsp3) is 0.524. The molecular formula is C21H25N3O2. The van der Waals surface area contributed by atoms with Crippen molar-refractivity contribution in [2.24, 2.45) is 11.3 Å². The highest BCUT2D eigenvalue weighted by Gasteiger charge is 2.40. The number of benzene rings is 1. The van der Waals surface area contributed by atoms with Crippen molar-refractivity contribution in [3.05, 3.63) is 35.5 Å². The number of carbonyl (C=O) groups is 1. The molecule has 0 aliphatic heterocycles. The van der Waals surface area contributed by atoms with E-state index in [1.165, 1.54) is 38.5 Å². The minimum atomic E-state index is -0.114. The van der Waals surface area contributed by atoms with Crippen molar-refractivity contribution < 1.29 is 9.90 Å². The Labute approximate surface area is 153 Å². The first-order valence-corrected chi connectivity index (χ1v) is 9.57. The molecule has 2 aromatic rings. The number of nitrogens with one attached hydrogen (secondary N) is 1. The largest absolute Gasteiger partial charge is 0.395 e. The van der Waals surface area contributed by atoms with Crippen molar-refractivity contribution >= 4 is 16.8 Å². The number of fused-ring (bicyclic) bond motifs is 4. The number of nitriles is 1. The molecule has 1 aromatic heterocycles. The fourth-order valence-electron chi connectivity index (χ4n) is 4.88. The van der Waals surface area contributed by atoms with Gasteiger partial charge in [0.2, 0.25) is 0 Å². The van der Waals surface area contributed by atoms with Gasteiger partial charge >= 0.3 is 0 Å². The Morgan fingerprint density at radius 1 is 1.31 bits per heavy atom. The maximum absolute atomic E-state index is 13.0. The van der Waals surface area contributed by atoms with E-state index < -0.39 is 0 Å². The van der Waals surface area contributed by atoms with Crippen LogP contribution in [-0.4, -0.2) is 28.7 Å². The molecule has 26 heavy (non-hydrogen) atoms. The van der Waals surface area contributed by atoms with Crippen LogP contribution in [0.2, 0.25) is 0 Å². The predicted molar refractivity (Wildman–Crippen MR) is 99.7 cm³/mol. The van der Waals surface area contributed by atoms with Crippen molar-refractivity contribution in [3.8, 4) is 6.07 Å². The standard InChI is InChI=1S/C21H25N3O2/c22-12-16-2-1-3-18-19(16)17(13-24(18)10-11-25)20(26)23-14-21-7-4-15(5-8-21)6-9-21/h1-3,13,15,25H,4-11,14H2,(H,23,26). The Morgan fingerprint density at radius 2 is 2.04 bits per heavy atom. The second-order valence-electron chi connectivity index (χ2n) is 7.94. The number of carbonyl (C=O) groups excluding carboxylic acids is 1.